The van der Waals surface area contributed by atoms with Crippen molar-refractivity contribution in [2.45, 2.75) is 5.16 Å². The molecular weight excluding hydrogens is 284 g/mol. The summed E-state index contributed by atoms with van der Waals surface area (Å²) < 4.78 is 22.6. The molecule has 4 nitrogen and oxygen atoms in total. The van der Waals surface area contributed by atoms with E-state index in [4.69, 9.17) is 10.7 Å². The van der Waals surface area contributed by atoms with E-state index in [0.717, 1.165) is 11.1 Å². The third-order valence-corrected chi connectivity index (χ3v) is 3.90. The maximum atomic E-state index is 11.3. The van der Waals surface area contributed by atoms with Crippen LogP contribution >= 0.6 is 10.7 Å². The van der Waals surface area contributed by atoms with Gasteiger partial charge in [0.1, 0.15) is 0 Å². The lowest BCUT2D eigenvalue weighted by Crippen LogP contribution is -1.92. The molecule has 0 unspecified atom stereocenters. The number of para-hydroxylation sites is 1. The molecule has 0 aliphatic rings. The van der Waals surface area contributed by atoms with Crippen LogP contribution in [0.15, 0.2) is 53.7 Å². The highest BCUT2D eigenvalue weighted by molar-refractivity contribution is 8.13. The molecule has 0 fully saturated rings. The van der Waals surface area contributed by atoms with Gasteiger partial charge in [-0.05, 0) is 11.6 Å². The van der Waals surface area contributed by atoms with Gasteiger partial charge < -0.3 is 4.98 Å². The van der Waals surface area contributed by atoms with Crippen molar-refractivity contribution in [1.29, 1.82) is 0 Å². The number of hydrogen-bond donors (Lipinski definition) is 1. The minimum atomic E-state index is -3.86. The largest absolute Gasteiger partial charge is 0.328 e. The third-order valence-electron chi connectivity index (χ3n) is 2.81. The number of H-pyrrole nitrogens is 1. The summed E-state index contributed by atoms with van der Waals surface area (Å²) in [4.78, 5) is 6.80. The minimum absolute atomic E-state index is 0.229. The Hall–Kier alpha value is -1.85. The van der Waals surface area contributed by atoms with Gasteiger partial charge in [0.25, 0.3) is 9.05 Å². The molecule has 96 valence electrons. The van der Waals surface area contributed by atoms with E-state index >= 15 is 0 Å². The second kappa shape index (κ2) is 4.36. The molecule has 0 aliphatic carbocycles. The Morgan fingerprint density at radius 3 is 2.42 bits per heavy atom. The van der Waals surface area contributed by atoms with E-state index in [1.807, 2.05) is 42.5 Å². The Kier molecular flexibility index (Phi) is 2.80. The molecule has 1 aromatic heterocycles. The first-order valence-corrected chi connectivity index (χ1v) is 7.85. The lowest BCUT2D eigenvalue weighted by molar-refractivity contribution is 0.603. The summed E-state index contributed by atoms with van der Waals surface area (Å²) in [6.45, 7) is 0. The highest BCUT2D eigenvalue weighted by atomic mass is 35.7. The van der Waals surface area contributed by atoms with E-state index < -0.39 is 9.05 Å². The Balaban J connectivity index is 2.30. The standard InChI is InChI=1S/C13H9ClN2O2S/c14-19(17,18)13-15-11-8-4-7-10(12(11)16-13)9-5-2-1-3-6-9/h1-8H,(H,15,16). The van der Waals surface area contributed by atoms with Crippen molar-refractivity contribution in [2.24, 2.45) is 0 Å². The van der Waals surface area contributed by atoms with Gasteiger partial charge in [-0.1, -0.05) is 42.5 Å². The summed E-state index contributed by atoms with van der Waals surface area (Å²) in [5.74, 6) is 0. The third kappa shape index (κ3) is 2.22. The van der Waals surface area contributed by atoms with E-state index in [9.17, 15) is 8.42 Å². The number of hydrogen-bond acceptors (Lipinski definition) is 3. The highest BCUT2D eigenvalue weighted by Crippen LogP contribution is 2.28. The van der Waals surface area contributed by atoms with Crippen LogP contribution in [-0.4, -0.2) is 18.4 Å². The van der Waals surface area contributed by atoms with Crippen LogP contribution in [0.2, 0.25) is 0 Å². The van der Waals surface area contributed by atoms with Gasteiger partial charge >= 0.3 is 0 Å². The van der Waals surface area contributed by atoms with Crippen LogP contribution in [0.5, 0.6) is 0 Å². The van der Waals surface area contributed by atoms with Crippen molar-refractivity contribution in [3.63, 3.8) is 0 Å². The predicted octanol–water partition coefficient (Wildman–Crippen LogP) is 3.16. The number of rotatable bonds is 2. The second-order valence-corrected chi connectivity index (χ2v) is 6.53. The molecule has 6 heteroatoms. The van der Waals surface area contributed by atoms with Crippen LogP contribution in [0.25, 0.3) is 22.2 Å². The SMILES string of the molecule is O=S(=O)(Cl)c1nc2c(-c3ccccc3)cccc2[nH]1. The molecule has 1 heterocycles. The molecule has 0 bridgehead atoms. The average Bonchev–Trinajstić information content (AvgIpc) is 2.83. The van der Waals surface area contributed by atoms with Gasteiger partial charge in [-0.15, -0.1) is 0 Å². The van der Waals surface area contributed by atoms with E-state index in [1.54, 1.807) is 6.07 Å². The first-order chi connectivity index (χ1) is 9.05. The second-order valence-electron chi connectivity index (χ2n) is 4.05. The van der Waals surface area contributed by atoms with E-state index in [2.05, 4.69) is 9.97 Å². The molecule has 0 saturated heterocycles. The average molecular weight is 293 g/mol. The fourth-order valence-corrected chi connectivity index (χ4v) is 2.63. The lowest BCUT2D eigenvalue weighted by atomic mass is 10.0. The van der Waals surface area contributed by atoms with Crippen LogP contribution in [0.4, 0.5) is 0 Å². The molecular formula is C13H9ClN2O2S. The maximum Gasteiger partial charge on any atom is 0.294 e. The summed E-state index contributed by atoms with van der Waals surface area (Å²) in [5, 5.41) is -0.229. The predicted molar refractivity (Wildman–Crippen MR) is 74.6 cm³/mol. The summed E-state index contributed by atoms with van der Waals surface area (Å²) in [6.07, 6.45) is 0. The molecule has 1 N–H and O–H groups in total. The zero-order chi connectivity index (χ0) is 13.5. The van der Waals surface area contributed by atoms with Gasteiger partial charge in [-0.3, -0.25) is 0 Å². The zero-order valence-corrected chi connectivity index (χ0v) is 11.2. The fraction of sp³-hybridized carbons (Fsp3) is 0. The van der Waals surface area contributed by atoms with E-state index in [1.165, 1.54) is 0 Å². The molecule has 2 aromatic carbocycles. The van der Waals surface area contributed by atoms with Crippen LogP contribution in [0, 0.1) is 0 Å². The molecule has 0 aliphatic heterocycles. The van der Waals surface area contributed by atoms with Crippen molar-refractivity contribution in [1.82, 2.24) is 9.97 Å². The number of halogens is 1. The van der Waals surface area contributed by atoms with Gasteiger partial charge in [0.05, 0.1) is 11.0 Å². The van der Waals surface area contributed by atoms with Gasteiger partial charge in [0.2, 0.25) is 5.16 Å². The Labute approximate surface area is 114 Å². The smallest absolute Gasteiger partial charge is 0.294 e. The summed E-state index contributed by atoms with van der Waals surface area (Å²) in [6, 6.07) is 15.1. The van der Waals surface area contributed by atoms with Crippen molar-refractivity contribution >= 4 is 30.8 Å². The van der Waals surface area contributed by atoms with Crippen LogP contribution in [0.1, 0.15) is 0 Å². The molecule has 0 saturated carbocycles. The molecule has 0 amide bonds. The number of fused-ring (bicyclic) bond motifs is 1. The van der Waals surface area contributed by atoms with Crippen LogP contribution in [0.3, 0.4) is 0 Å². The zero-order valence-electron chi connectivity index (χ0n) is 9.67. The van der Waals surface area contributed by atoms with Crippen molar-refractivity contribution in [2.75, 3.05) is 0 Å². The summed E-state index contributed by atoms with van der Waals surface area (Å²) in [5.41, 5.74) is 3.06. The topological polar surface area (TPSA) is 62.8 Å². The van der Waals surface area contributed by atoms with E-state index in [0.29, 0.717) is 11.0 Å². The molecule has 0 radical (unpaired) electrons. The number of nitrogens with one attached hydrogen (secondary N) is 1. The first-order valence-electron chi connectivity index (χ1n) is 5.54. The minimum Gasteiger partial charge on any atom is -0.328 e. The molecule has 3 aromatic rings. The first kappa shape index (κ1) is 12.2. The van der Waals surface area contributed by atoms with Gasteiger partial charge in [-0.2, -0.15) is 0 Å². The maximum absolute atomic E-state index is 11.3. The number of aromatic amines is 1. The Morgan fingerprint density at radius 2 is 1.74 bits per heavy atom. The molecule has 0 spiro atoms. The fourth-order valence-electron chi connectivity index (χ4n) is 1.98. The number of nitrogens with zero attached hydrogens (tertiary/aromatic N) is 1. The Morgan fingerprint density at radius 1 is 1.00 bits per heavy atom. The van der Waals surface area contributed by atoms with E-state index in [-0.39, 0.29) is 5.16 Å². The number of benzene rings is 2. The van der Waals surface area contributed by atoms with Gasteiger partial charge in [-0.25, -0.2) is 13.4 Å². The summed E-state index contributed by atoms with van der Waals surface area (Å²) in [7, 11) is 1.45. The quantitative estimate of drug-likeness (QED) is 0.738. The van der Waals surface area contributed by atoms with Crippen LogP contribution < -0.4 is 0 Å². The molecule has 0 atom stereocenters. The van der Waals surface area contributed by atoms with Crippen LogP contribution in [-0.2, 0) is 9.05 Å². The van der Waals surface area contributed by atoms with Crippen molar-refractivity contribution in [3.8, 4) is 11.1 Å². The lowest BCUT2D eigenvalue weighted by Gasteiger charge is -2.01. The summed E-state index contributed by atoms with van der Waals surface area (Å²) >= 11 is 0. The van der Waals surface area contributed by atoms with Gasteiger partial charge in [0.15, 0.2) is 0 Å². The van der Waals surface area contributed by atoms with Crippen molar-refractivity contribution < 1.29 is 8.42 Å². The van der Waals surface area contributed by atoms with Gasteiger partial charge in [0, 0.05) is 16.2 Å². The molecule has 19 heavy (non-hydrogen) atoms. The number of aromatic nitrogens is 2. The Bertz CT molecular complexity index is 841. The molecule has 3 rings (SSSR count). The van der Waals surface area contributed by atoms with Crippen molar-refractivity contribution in [3.05, 3.63) is 48.5 Å². The monoisotopic (exact) mass is 292 g/mol. The highest BCUT2D eigenvalue weighted by Gasteiger charge is 2.17. The normalized spacial score (nSPS) is 11.8. The number of imidazole rings is 1.